The fourth-order valence-corrected chi connectivity index (χ4v) is 1.43. The Morgan fingerprint density at radius 3 is 2.62 bits per heavy atom. The number of aromatic nitrogens is 2. The van der Waals surface area contributed by atoms with Crippen LogP contribution >= 0.6 is 0 Å². The number of rotatable bonds is 2. The van der Waals surface area contributed by atoms with Crippen molar-refractivity contribution in [3.8, 4) is 11.4 Å². The lowest BCUT2D eigenvalue weighted by Crippen LogP contribution is -2.08. The summed E-state index contributed by atoms with van der Waals surface area (Å²) in [5, 5.41) is 0. The first-order chi connectivity index (χ1) is 7.66. The van der Waals surface area contributed by atoms with Crippen LogP contribution in [0.15, 0.2) is 36.5 Å². The second kappa shape index (κ2) is 4.18. The van der Waals surface area contributed by atoms with Gasteiger partial charge in [-0.1, -0.05) is 6.07 Å². The number of nitrogen functional groups attached to an aromatic ring is 1. The second-order valence-electron chi connectivity index (χ2n) is 3.74. The van der Waals surface area contributed by atoms with Crippen LogP contribution in [0.1, 0.15) is 0 Å². The Morgan fingerprint density at radius 1 is 1.12 bits per heavy atom. The second-order valence-corrected chi connectivity index (χ2v) is 3.74. The van der Waals surface area contributed by atoms with Crippen LogP contribution in [0.4, 0.5) is 11.5 Å². The molecule has 0 saturated heterocycles. The zero-order chi connectivity index (χ0) is 11.5. The molecular weight excluding hydrogens is 200 g/mol. The SMILES string of the molecule is CN(C)c1ccnc(-c2cccc(N)n2)c1. The molecule has 0 radical (unpaired) electrons. The van der Waals surface area contributed by atoms with Gasteiger partial charge in [-0.25, -0.2) is 4.98 Å². The maximum absolute atomic E-state index is 5.64. The number of pyridine rings is 2. The van der Waals surface area contributed by atoms with Gasteiger partial charge in [0.25, 0.3) is 0 Å². The molecule has 16 heavy (non-hydrogen) atoms. The highest BCUT2D eigenvalue weighted by Crippen LogP contribution is 2.20. The molecule has 4 nitrogen and oxygen atoms in total. The lowest BCUT2D eigenvalue weighted by atomic mass is 10.2. The molecule has 0 aliphatic carbocycles. The van der Waals surface area contributed by atoms with Gasteiger partial charge in [0, 0.05) is 26.0 Å². The molecule has 0 atom stereocenters. The standard InChI is InChI=1S/C12H14N4/c1-16(2)9-6-7-14-11(8-9)10-4-3-5-12(13)15-10/h3-8H,1-2H3,(H2,13,15). The number of nitrogens with two attached hydrogens (primary N) is 1. The Kier molecular flexibility index (Phi) is 2.72. The van der Waals surface area contributed by atoms with E-state index in [0.717, 1.165) is 17.1 Å². The molecule has 2 aromatic heterocycles. The molecule has 0 unspecified atom stereocenters. The van der Waals surface area contributed by atoms with Crippen molar-refractivity contribution in [1.29, 1.82) is 0 Å². The summed E-state index contributed by atoms with van der Waals surface area (Å²) in [6.07, 6.45) is 1.77. The van der Waals surface area contributed by atoms with E-state index < -0.39 is 0 Å². The van der Waals surface area contributed by atoms with Crippen LogP contribution in [0, 0.1) is 0 Å². The monoisotopic (exact) mass is 214 g/mol. The minimum absolute atomic E-state index is 0.509. The van der Waals surface area contributed by atoms with Crippen LogP contribution in [-0.2, 0) is 0 Å². The van der Waals surface area contributed by atoms with Gasteiger partial charge in [-0.15, -0.1) is 0 Å². The van der Waals surface area contributed by atoms with Crippen LogP contribution in [0.3, 0.4) is 0 Å². The first kappa shape index (κ1) is 10.4. The normalized spacial score (nSPS) is 10.1. The van der Waals surface area contributed by atoms with Crippen LogP contribution in [0.25, 0.3) is 11.4 Å². The Morgan fingerprint density at radius 2 is 1.94 bits per heavy atom. The smallest absolute Gasteiger partial charge is 0.124 e. The molecule has 2 aromatic rings. The molecule has 4 heteroatoms. The zero-order valence-electron chi connectivity index (χ0n) is 9.38. The molecule has 82 valence electrons. The van der Waals surface area contributed by atoms with E-state index in [2.05, 4.69) is 9.97 Å². The first-order valence-electron chi connectivity index (χ1n) is 5.03. The summed E-state index contributed by atoms with van der Waals surface area (Å²) >= 11 is 0. The third-order valence-electron chi connectivity index (χ3n) is 2.29. The molecule has 0 fully saturated rings. The maximum Gasteiger partial charge on any atom is 0.124 e. The zero-order valence-corrected chi connectivity index (χ0v) is 9.38. The Hall–Kier alpha value is -2.10. The molecule has 2 N–H and O–H groups in total. The van der Waals surface area contributed by atoms with Crippen LogP contribution < -0.4 is 10.6 Å². The van der Waals surface area contributed by atoms with Crippen LogP contribution in [-0.4, -0.2) is 24.1 Å². The van der Waals surface area contributed by atoms with Crippen molar-refractivity contribution in [2.24, 2.45) is 0 Å². The Balaban J connectivity index is 2.44. The minimum atomic E-state index is 0.509. The summed E-state index contributed by atoms with van der Waals surface area (Å²) in [4.78, 5) is 10.6. The average Bonchev–Trinajstić information content (AvgIpc) is 2.29. The van der Waals surface area contributed by atoms with Gasteiger partial charge in [0.15, 0.2) is 0 Å². The Labute approximate surface area is 94.8 Å². The van der Waals surface area contributed by atoms with Gasteiger partial charge in [0.05, 0.1) is 11.4 Å². The van der Waals surface area contributed by atoms with Crippen molar-refractivity contribution in [3.05, 3.63) is 36.5 Å². The molecule has 0 amide bonds. The van der Waals surface area contributed by atoms with Crippen molar-refractivity contribution in [3.63, 3.8) is 0 Å². The van der Waals surface area contributed by atoms with E-state index >= 15 is 0 Å². The highest BCUT2D eigenvalue weighted by atomic mass is 15.1. The van der Waals surface area contributed by atoms with Crippen LogP contribution in [0.5, 0.6) is 0 Å². The lowest BCUT2D eigenvalue weighted by Gasteiger charge is -2.12. The summed E-state index contributed by atoms with van der Waals surface area (Å²) in [7, 11) is 3.98. The molecular formula is C12H14N4. The van der Waals surface area contributed by atoms with E-state index in [4.69, 9.17) is 5.73 Å². The average molecular weight is 214 g/mol. The van der Waals surface area contributed by atoms with E-state index in [1.165, 1.54) is 0 Å². The van der Waals surface area contributed by atoms with E-state index in [1.807, 2.05) is 43.3 Å². The summed E-state index contributed by atoms with van der Waals surface area (Å²) in [5.41, 5.74) is 8.36. The topological polar surface area (TPSA) is 55.0 Å². The molecule has 0 spiro atoms. The fraction of sp³-hybridized carbons (Fsp3) is 0.167. The number of anilines is 2. The van der Waals surface area contributed by atoms with Gasteiger partial charge in [-0.3, -0.25) is 4.98 Å². The lowest BCUT2D eigenvalue weighted by molar-refractivity contribution is 1.12. The number of hydrogen-bond acceptors (Lipinski definition) is 4. The van der Waals surface area contributed by atoms with Gasteiger partial charge in [0.1, 0.15) is 5.82 Å². The van der Waals surface area contributed by atoms with Gasteiger partial charge < -0.3 is 10.6 Å². The first-order valence-corrected chi connectivity index (χ1v) is 5.03. The van der Waals surface area contributed by atoms with E-state index in [1.54, 1.807) is 12.3 Å². The van der Waals surface area contributed by atoms with Crippen molar-refractivity contribution in [2.45, 2.75) is 0 Å². The summed E-state index contributed by atoms with van der Waals surface area (Å²) in [6.45, 7) is 0. The van der Waals surface area contributed by atoms with Crippen LogP contribution in [0.2, 0.25) is 0 Å². The maximum atomic E-state index is 5.64. The minimum Gasteiger partial charge on any atom is -0.384 e. The summed E-state index contributed by atoms with van der Waals surface area (Å²) < 4.78 is 0. The summed E-state index contributed by atoms with van der Waals surface area (Å²) in [6, 6.07) is 9.48. The molecule has 0 saturated carbocycles. The van der Waals surface area contributed by atoms with Gasteiger partial charge in [-0.2, -0.15) is 0 Å². The van der Waals surface area contributed by atoms with Crippen molar-refractivity contribution < 1.29 is 0 Å². The third-order valence-corrected chi connectivity index (χ3v) is 2.29. The van der Waals surface area contributed by atoms with E-state index in [0.29, 0.717) is 5.82 Å². The van der Waals surface area contributed by atoms with Crippen molar-refractivity contribution >= 4 is 11.5 Å². The summed E-state index contributed by atoms with van der Waals surface area (Å²) in [5.74, 6) is 0.509. The molecule has 0 aliphatic heterocycles. The largest absolute Gasteiger partial charge is 0.384 e. The molecule has 0 aliphatic rings. The van der Waals surface area contributed by atoms with Gasteiger partial charge >= 0.3 is 0 Å². The molecule has 2 heterocycles. The highest BCUT2D eigenvalue weighted by Gasteiger charge is 2.03. The molecule has 0 aromatic carbocycles. The third kappa shape index (κ3) is 2.11. The van der Waals surface area contributed by atoms with Crippen molar-refractivity contribution in [1.82, 2.24) is 9.97 Å². The predicted octanol–water partition coefficient (Wildman–Crippen LogP) is 1.79. The molecule has 0 bridgehead atoms. The number of nitrogens with zero attached hydrogens (tertiary/aromatic N) is 3. The quantitative estimate of drug-likeness (QED) is 0.828. The predicted molar refractivity (Wildman–Crippen MR) is 66.2 cm³/mol. The van der Waals surface area contributed by atoms with Gasteiger partial charge in [-0.05, 0) is 24.3 Å². The number of hydrogen-bond donors (Lipinski definition) is 1. The molecule has 2 rings (SSSR count). The van der Waals surface area contributed by atoms with Crippen molar-refractivity contribution in [2.75, 3.05) is 24.7 Å². The fourth-order valence-electron chi connectivity index (χ4n) is 1.43. The van der Waals surface area contributed by atoms with E-state index in [-0.39, 0.29) is 0 Å². The van der Waals surface area contributed by atoms with E-state index in [9.17, 15) is 0 Å². The Bertz CT molecular complexity index is 494. The highest BCUT2D eigenvalue weighted by molar-refractivity contribution is 5.62. The van der Waals surface area contributed by atoms with Gasteiger partial charge in [0.2, 0.25) is 0 Å².